The number of rotatable bonds is 8. The van der Waals surface area contributed by atoms with Crippen LogP contribution in [0.2, 0.25) is 0 Å². The SMILES string of the molecule is O=C(OCc1ccc(OC2OC(COC(=O)c3cc(O)c(O)c(O)c3)C(O)C(O)C2O)cc1)c1ccc(O)c(O)c1. The van der Waals surface area contributed by atoms with E-state index in [1.54, 1.807) is 12.1 Å². The average Bonchev–Trinajstić information content (AvgIpc) is 2.95. The molecule has 0 spiro atoms. The Bertz CT molecular complexity index is 1380. The van der Waals surface area contributed by atoms with Gasteiger partial charge in [-0.2, -0.15) is 0 Å². The van der Waals surface area contributed by atoms with E-state index in [9.17, 15) is 50.4 Å². The van der Waals surface area contributed by atoms with Gasteiger partial charge >= 0.3 is 11.9 Å². The van der Waals surface area contributed by atoms with E-state index in [2.05, 4.69) is 0 Å². The van der Waals surface area contributed by atoms with Crippen LogP contribution in [0.15, 0.2) is 54.6 Å². The molecule has 3 aromatic rings. The van der Waals surface area contributed by atoms with Crippen LogP contribution in [-0.2, 0) is 20.8 Å². The third-order valence-electron chi connectivity index (χ3n) is 6.11. The molecule has 14 nitrogen and oxygen atoms in total. The number of carbonyl (C=O) groups excluding carboxylic acids is 2. The van der Waals surface area contributed by atoms with Gasteiger partial charge in [0.1, 0.15) is 43.4 Å². The fourth-order valence-electron chi connectivity index (χ4n) is 3.80. The van der Waals surface area contributed by atoms with Crippen LogP contribution < -0.4 is 4.74 Å². The average molecular weight is 574 g/mol. The maximum atomic E-state index is 12.3. The lowest BCUT2D eigenvalue weighted by Gasteiger charge is -2.39. The Kier molecular flexibility index (Phi) is 8.68. The maximum absolute atomic E-state index is 12.3. The molecule has 8 N–H and O–H groups in total. The maximum Gasteiger partial charge on any atom is 0.338 e. The summed E-state index contributed by atoms with van der Waals surface area (Å²) in [4.78, 5) is 24.5. The molecule has 0 bridgehead atoms. The summed E-state index contributed by atoms with van der Waals surface area (Å²) in [6, 6.07) is 11.2. The number of aliphatic hydroxyl groups excluding tert-OH is 3. The van der Waals surface area contributed by atoms with Crippen molar-refractivity contribution in [1.29, 1.82) is 0 Å². The molecular formula is C27H26O14. The predicted molar refractivity (Wildman–Crippen MR) is 134 cm³/mol. The molecule has 0 saturated carbocycles. The second kappa shape index (κ2) is 12.2. The van der Waals surface area contributed by atoms with Crippen molar-refractivity contribution in [2.75, 3.05) is 6.61 Å². The molecule has 5 unspecified atom stereocenters. The van der Waals surface area contributed by atoms with Crippen LogP contribution in [0.25, 0.3) is 0 Å². The van der Waals surface area contributed by atoms with Crippen molar-refractivity contribution >= 4 is 11.9 Å². The monoisotopic (exact) mass is 574 g/mol. The quantitative estimate of drug-likeness (QED) is 0.136. The minimum absolute atomic E-state index is 0.0315. The summed E-state index contributed by atoms with van der Waals surface area (Å²) in [6.07, 6.45) is -7.95. The molecular weight excluding hydrogens is 548 g/mol. The zero-order valence-electron chi connectivity index (χ0n) is 21.0. The number of phenols is 5. The van der Waals surface area contributed by atoms with E-state index >= 15 is 0 Å². The topological polar surface area (TPSA) is 233 Å². The first kappa shape index (κ1) is 29.2. The van der Waals surface area contributed by atoms with Gasteiger partial charge in [0.05, 0.1) is 11.1 Å². The summed E-state index contributed by atoms with van der Waals surface area (Å²) in [6.45, 7) is -0.757. The van der Waals surface area contributed by atoms with E-state index in [4.69, 9.17) is 18.9 Å². The first-order chi connectivity index (χ1) is 19.4. The van der Waals surface area contributed by atoms with Crippen LogP contribution in [0.1, 0.15) is 26.3 Å². The number of hydrogen-bond acceptors (Lipinski definition) is 14. The molecule has 1 saturated heterocycles. The third-order valence-corrected chi connectivity index (χ3v) is 6.11. The molecule has 218 valence electrons. The van der Waals surface area contributed by atoms with Gasteiger partial charge < -0.3 is 59.8 Å². The van der Waals surface area contributed by atoms with Crippen molar-refractivity contribution < 1.29 is 69.4 Å². The number of hydrogen-bond donors (Lipinski definition) is 8. The lowest BCUT2D eigenvalue weighted by Crippen LogP contribution is -2.60. The Hall–Kier alpha value is -4.76. The highest BCUT2D eigenvalue weighted by atomic mass is 16.7. The van der Waals surface area contributed by atoms with Gasteiger partial charge in [-0.15, -0.1) is 0 Å². The van der Waals surface area contributed by atoms with E-state index in [1.165, 1.54) is 18.2 Å². The van der Waals surface area contributed by atoms with Crippen molar-refractivity contribution in [3.63, 3.8) is 0 Å². The second-order valence-corrected chi connectivity index (χ2v) is 9.02. The summed E-state index contributed by atoms with van der Waals surface area (Å²) in [7, 11) is 0. The minimum Gasteiger partial charge on any atom is -0.504 e. The highest BCUT2D eigenvalue weighted by molar-refractivity contribution is 5.91. The Balaban J connectivity index is 1.33. The molecule has 41 heavy (non-hydrogen) atoms. The molecule has 1 aliphatic heterocycles. The number of ether oxygens (including phenoxy) is 4. The van der Waals surface area contributed by atoms with E-state index < -0.39 is 72.2 Å². The van der Waals surface area contributed by atoms with Crippen LogP contribution >= 0.6 is 0 Å². The second-order valence-electron chi connectivity index (χ2n) is 9.02. The Labute approximate surface area is 231 Å². The van der Waals surface area contributed by atoms with E-state index in [1.807, 2.05) is 0 Å². The first-order valence-corrected chi connectivity index (χ1v) is 12.0. The molecule has 0 radical (unpaired) electrons. The Morgan fingerprint density at radius 2 is 1.29 bits per heavy atom. The highest BCUT2D eigenvalue weighted by Crippen LogP contribution is 2.35. The molecule has 5 atom stereocenters. The Morgan fingerprint density at radius 3 is 1.93 bits per heavy atom. The fraction of sp³-hybridized carbons (Fsp3) is 0.259. The zero-order valence-corrected chi connectivity index (χ0v) is 21.0. The normalized spacial score (nSPS) is 22.1. The number of carbonyl (C=O) groups is 2. The molecule has 1 fully saturated rings. The lowest BCUT2D eigenvalue weighted by atomic mass is 9.99. The van der Waals surface area contributed by atoms with Gasteiger partial charge in [-0.25, -0.2) is 9.59 Å². The summed E-state index contributed by atoms with van der Waals surface area (Å²) < 4.78 is 21.3. The largest absolute Gasteiger partial charge is 0.504 e. The lowest BCUT2D eigenvalue weighted by molar-refractivity contribution is -0.277. The van der Waals surface area contributed by atoms with Crippen LogP contribution in [0.4, 0.5) is 0 Å². The van der Waals surface area contributed by atoms with Crippen molar-refractivity contribution in [2.24, 2.45) is 0 Å². The molecule has 0 aromatic heterocycles. The molecule has 0 aliphatic carbocycles. The van der Waals surface area contributed by atoms with Gasteiger partial charge in [-0.05, 0) is 48.0 Å². The van der Waals surface area contributed by atoms with Crippen LogP contribution in [0.5, 0.6) is 34.5 Å². The third kappa shape index (κ3) is 6.70. The van der Waals surface area contributed by atoms with E-state index in [0.717, 1.165) is 24.3 Å². The van der Waals surface area contributed by atoms with Crippen molar-refractivity contribution in [3.8, 4) is 34.5 Å². The fourth-order valence-corrected chi connectivity index (χ4v) is 3.80. The molecule has 1 heterocycles. The summed E-state index contributed by atoms with van der Waals surface area (Å²) >= 11 is 0. The summed E-state index contributed by atoms with van der Waals surface area (Å²) in [5.41, 5.74) is 0.262. The summed E-state index contributed by atoms with van der Waals surface area (Å²) in [5, 5.41) is 78.3. The molecule has 14 heteroatoms. The van der Waals surface area contributed by atoms with Gasteiger partial charge in [0.2, 0.25) is 6.29 Å². The standard InChI is InChI=1S/C27H26O14/c28-16-6-3-13(7-17(16)29)25(36)38-10-12-1-4-15(5-2-12)40-27-24(35)23(34)22(33)20(41-27)11-39-26(37)14-8-18(30)21(32)19(31)9-14/h1-9,20,22-24,27-35H,10-11H2. The number of esters is 2. The van der Waals surface area contributed by atoms with Crippen LogP contribution in [0.3, 0.4) is 0 Å². The van der Waals surface area contributed by atoms with Crippen LogP contribution in [-0.4, -0.2) is 90.1 Å². The van der Waals surface area contributed by atoms with Crippen molar-refractivity contribution in [2.45, 2.75) is 37.3 Å². The molecule has 4 rings (SSSR count). The molecule has 3 aromatic carbocycles. The molecule has 1 aliphatic rings. The summed E-state index contributed by atoms with van der Waals surface area (Å²) in [5.74, 6) is -4.82. The van der Waals surface area contributed by atoms with Gasteiger partial charge in [0, 0.05) is 0 Å². The highest BCUT2D eigenvalue weighted by Gasteiger charge is 2.45. The zero-order chi connectivity index (χ0) is 29.8. The van der Waals surface area contributed by atoms with Crippen LogP contribution in [0, 0.1) is 0 Å². The van der Waals surface area contributed by atoms with E-state index in [0.29, 0.717) is 5.56 Å². The van der Waals surface area contributed by atoms with Gasteiger partial charge in [0.25, 0.3) is 0 Å². The van der Waals surface area contributed by atoms with Gasteiger partial charge in [-0.1, -0.05) is 12.1 Å². The predicted octanol–water partition coefficient (Wildman–Crippen LogP) is 0.615. The van der Waals surface area contributed by atoms with Gasteiger partial charge in [-0.3, -0.25) is 0 Å². The minimum atomic E-state index is -1.74. The Morgan fingerprint density at radius 1 is 0.683 bits per heavy atom. The van der Waals surface area contributed by atoms with Gasteiger partial charge in [0.15, 0.2) is 28.7 Å². The van der Waals surface area contributed by atoms with Crippen molar-refractivity contribution in [1.82, 2.24) is 0 Å². The number of benzene rings is 3. The van der Waals surface area contributed by atoms with E-state index in [-0.39, 0.29) is 29.2 Å². The number of aliphatic hydroxyl groups is 3. The number of aromatic hydroxyl groups is 5. The molecule has 0 amide bonds. The number of phenolic OH excluding ortho intramolecular Hbond substituents is 5. The van der Waals surface area contributed by atoms with Crippen molar-refractivity contribution in [3.05, 3.63) is 71.3 Å². The first-order valence-electron chi connectivity index (χ1n) is 12.0. The smallest absolute Gasteiger partial charge is 0.338 e.